The van der Waals surface area contributed by atoms with Crippen molar-refractivity contribution in [3.05, 3.63) is 110 Å². The molecule has 0 saturated heterocycles. The fourth-order valence-corrected chi connectivity index (χ4v) is 1.14. The molecule has 0 aliphatic rings. The summed E-state index contributed by atoms with van der Waals surface area (Å²) in [6, 6.07) is 0. The van der Waals surface area contributed by atoms with Gasteiger partial charge in [0.2, 0.25) is 0 Å². The Morgan fingerprint density at radius 1 is 0.667 bits per heavy atom. The van der Waals surface area contributed by atoms with E-state index in [0.717, 1.165) is 16.7 Å². The molecule has 0 aliphatic carbocycles. The van der Waals surface area contributed by atoms with Crippen LogP contribution in [0.25, 0.3) is 0 Å². The summed E-state index contributed by atoms with van der Waals surface area (Å²) in [6.07, 6.45) is 10.5. The number of hydrogen-bond acceptors (Lipinski definition) is 3. The zero-order valence-corrected chi connectivity index (χ0v) is 14.6. The number of methoxy groups -OCH3 is 1. The molecule has 0 unspecified atom stereocenters. The first-order valence-electron chi connectivity index (χ1n) is 6.91. The van der Waals surface area contributed by atoms with Gasteiger partial charge in [-0.25, -0.2) is 0 Å². The van der Waals surface area contributed by atoms with Gasteiger partial charge >= 0.3 is 0 Å². The largest absolute Gasteiger partial charge is 0.497 e. The first-order valence-corrected chi connectivity index (χ1v) is 6.91. The summed E-state index contributed by atoms with van der Waals surface area (Å²) >= 11 is 0. The molecule has 0 aromatic carbocycles. The minimum absolute atomic E-state index is 0.454. The minimum atomic E-state index is 0.454. The number of hydrogen-bond donors (Lipinski definition) is 0. The second-order valence-corrected chi connectivity index (χ2v) is 4.60. The summed E-state index contributed by atoms with van der Waals surface area (Å²) in [6.45, 7) is 26.7. The zero-order chi connectivity index (χ0) is 19.1. The summed E-state index contributed by atoms with van der Waals surface area (Å²) in [5.41, 5.74) is 2.39. The maximum absolute atomic E-state index is 8.00. The third-order valence-corrected chi connectivity index (χ3v) is 2.43. The lowest BCUT2D eigenvalue weighted by Gasteiger charge is -2.05. The van der Waals surface area contributed by atoms with E-state index >= 15 is 0 Å². The molecule has 0 bridgehead atoms. The topological polar surface area (TPSA) is 35.5 Å². The summed E-state index contributed by atoms with van der Waals surface area (Å²) in [7, 11) is 1.56. The first kappa shape index (κ1) is 23.2. The van der Waals surface area contributed by atoms with Crippen LogP contribution in [0.15, 0.2) is 110 Å². The normalized spacial score (nSPS) is 10.1. The van der Waals surface area contributed by atoms with Crippen LogP contribution >= 0.6 is 0 Å². The van der Waals surface area contributed by atoms with Crippen molar-refractivity contribution in [1.82, 2.24) is 0 Å². The van der Waals surface area contributed by atoms with Crippen LogP contribution in [0, 0.1) is 0 Å². The van der Waals surface area contributed by atoms with E-state index in [4.69, 9.17) is 14.3 Å². The quantitative estimate of drug-likeness (QED) is 0.400. The molecule has 0 heterocycles. The molecule has 128 valence electrons. The molecule has 0 rings (SSSR count). The maximum Gasteiger partial charge on any atom is 0.120 e. The highest BCUT2D eigenvalue weighted by molar-refractivity contribution is 5.44. The fraction of sp³-hybridized carbons (Fsp3) is 0.0952. The van der Waals surface area contributed by atoms with Gasteiger partial charge in [0.25, 0.3) is 0 Å². The molecule has 0 fully saturated rings. The highest BCUT2D eigenvalue weighted by Gasteiger charge is 1.95. The second-order valence-electron chi connectivity index (χ2n) is 4.60. The van der Waals surface area contributed by atoms with Crippen LogP contribution in [0.5, 0.6) is 0 Å². The number of allylic oxidation sites excluding steroid dienone is 9. The SMILES string of the molecule is C=C(C)/C=C\C(=C)OC(=C)/C=C\C(=C)C(=C)/C=C\C(=C)OC.C=O. The number of carbonyl (C=O) groups is 1. The van der Waals surface area contributed by atoms with Gasteiger partial charge < -0.3 is 14.3 Å². The molecular formula is C21H26O3. The van der Waals surface area contributed by atoms with Crippen molar-refractivity contribution in [3.63, 3.8) is 0 Å². The number of ether oxygens (including phenoxy) is 2. The molecule has 0 aromatic heterocycles. The number of carbonyl (C=O) groups excluding carboxylic acids is 1. The van der Waals surface area contributed by atoms with Crippen molar-refractivity contribution in [2.45, 2.75) is 6.92 Å². The van der Waals surface area contributed by atoms with Gasteiger partial charge in [-0.15, -0.1) is 0 Å². The van der Waals surface area contributed by atoms with Gasteiger partial charge in [-0.05, 0) is 36.3 Å². The molecule has 0 radical (unpaired) electrons. The van der Waals surface area contributed by atoms with Crippen molar-refractivity contribution in [3.8, 4) is 0 Å². The zero-order valence-electron chi connectivity index (χ0n) is 14.6. The molecule has 0 aliphatic heterocycles. The van der Waals surface area contributed by atoms with Crippen molar-refractivity contribution >= 4 is 6.79 Å². The van der Waals surface area contributed by atoms with Gasteiger partial charge in [0.05, 0.1) is 7.11 Å². The van der Waals surface area contributed by atoms with E-state index in [9.17, 15) is 0 Å². The van der Waals surface area contributed by atoms with E-state index in [-0.39, 0.29) is 0 Å². The average Bonchev–Trinajstić information content (AvgIpc) is 2.56. The van der Waals surface area contributed by atoms with Crippen LogP contribution < -0.4 is 0 Å². The van der Waals surface area contributed by atoms with Crippen LogP contribution in [0.1, 0.15) is 6.92 Å². The van der Waals surface area contributed by atoms with Gasteiger partial charge in [-0.2, -0.15) is 0 Å². The van der Waals surface area contributed by atoms with E-state index in [1.165, 1.54) is 0 Å². The van der Waals surface area contributed by atoms with Crippen LogP contribution in [-0.4, -0.2) is 13.9 Å². The lowest BCUT2D eigenvalue weighted by atomic mass is 10.1. The van der Waals surface area contributed by atoms with Crippen LogP contribution in [0.4, 0.5) is 0 Å². The Labute approximate surface area is 145 Å². The Kier molecular flexibility index (Phi) is 13.1. The highest BCUT2D eigenvalue weighted by Crippen LogP contribution is 2.13. The van der Waals surface area contributed by atoms with Gasteiger partial charge in [0.1, 0.15) is 24.1 Å². The Balaban J connectivity index is 0. The third-order valence-electron chi connectivity index (χ3n) is 2.43. The Hall–Kier alpha value is -3.07. The van der Waals surface area contributed by atoms with E-state index in [2.05, 4.69) is 39.5 Å². The first-order chi connectivity index (χ1) is 11.3. The van der Waals surface area contributed by atoms with Crippen LogP contribution in [0.3, 0.4) is 0 Å². The van der Waals surface area contributed by atoms with Gasteiger partial charge in [-0.1, -0.05) is 63.3 Å². The molecule has 3 nitrogen and oxygen atoms in total. The van der Waals surface area contributed by atoms with Gasteiger partial charge in [0.15, 0.2) is 0 Å². The molecule has 0 spiro atoms. The molecule has 0 N–H and O–H groups in total. The monoisotopic (exact) mass is 326 g/mol. The Morgan fingerprint density at radius 3 is 1.42 bits per heavy atom. The van der Waals surface area contributed by atoms with Crippen molar-refractivity contribution < 1.29 is 14.3 Å². The van der Waals surface area contributed by atoms with Crippen molar-refractivity contribution in [2.75, 3.05) is 7.11 Å². The lowest BCUT2D eigenvalue weighted by molar-refractivity contribution is -0.0979. The molecule has 3 heteroatoms. The third kappa shape index (κ3) is 12.7. The summed E-state index contributed by atoms with van der Waals surface area (Å²) < 4.78 is 10.4. The van der Waals surface area contributed by atoms with E-state index in [1.54, 1.807) is 37.5 Å². The van der Waals surface area contributed by atoms with Crippen molar-refractivity contribution in [1.29, 1.82) is 0 Å². The van der Waals surface area contributed by atoms with Crippen molar-refractivity contribution in [2.24, 2.45) is 0 Å². The molecular weight excluding hydrogens is 300 g/mol. The fourth-order valence-electron chi connectivity index (χ4n) is 1.14. The lowest BCUT2D eigenvalue weighted by Crippen LogP contribution is -1.86. The predicted molar refractivity (Wildman–Crippen MR) is 103 cm³/mol. The van der Waals surface area contributed by atoms with Gasteiger partial charge in [-0.3, -0.25) is 0 Å². The van der Waals surface area contributed by atoms with E-state index in [1.807, 2.05) is 19.8 Å². The molecule has 0 aromatic rings. The standard InChI is InChI=1S/C20H24O2.CH2O/c1-15(2)9-12-19(6)22-20(7)14-11-17(4)16(3)10-13-18(5)21-8;1-2/h9-14H,1,3-7H2,2,8H3;1H2/b12-9-,13-10-,14-11-;. The smallest absolute Gasteiger partial charge is 0.120 e. The van der Waals surface area contributed by atoms with Crippen LogP contribution in [-0.2, 0) is 14.3 Å². The summed E-state index contributed by atoms with van der Waals surface area (Å²) in [5, 5.41) is 0. The maximum atomic E-state index is 8.00. The Morgan fingerprint density at radius 2 is 1.04 bits per heavy atom. The van der Waals surface area contributed by atoms with E-state index in [0.29, 0.717) is 17.3 Å². The van der Waals surface area contributed by atoms with Gasteiger partial charge in [0, 0.05) is 0 Å². The summed E-state index contributed by atoms with van der Waals surface area (Å²) in [4.78, 5) is 8.00. The predicted octanol–water partition coefficient (Wildman–Crippen LogP) is 5.36. The average molecular weight is 326 g/mol. The highest BCUT2D eigenvalue weighted by atomic mass is 16.5. The molecule has 0 saturated carbocycles. The minimum Gasteiger partial charge on any atom is -0.497 e. The summed E-state index contributed by atoms with van der Waals surface area (Å²) in [5.74, 6) is 1.49. The Bertz CT molecular complexity index is 599. The molecule has 24 heavy (non-hydrogen) atoms. The number of rotatable bonds is 10. The van der Waals surface area contributed by atoms with Crippen LogP contribution in [0.2, 0.25) is 0 Å². The van der Waals surface area contributed by atoms with E-state index < -0.39 is 0 Å². The second kappa shape index (κ2) is 13.6. The molecule has 0 amide bonds. The molecule has 0 atom stereocenters.